The summed E-state index contributed by atoms with van der Waals surface area (Å²) >= 11 is 1.61. The molecule has 2 heterocycles. The van der Waals surface area contributed by atoms with E-state index in [1.807, 2.05) is 34.9 Å². The third kappa shape index (κ3) is 5.57. The van der Waals surface area contributed by atoms with Crippen molar-refractivity contribution in [3.63, 3.8) is 0 Å². The highest BCUT2D eigenvalue weighted by Gasteiger charge is 2.18. The molecule has 2 aromatic heterocycles. The van der Waals surface area contributed by atoms with Gasteiger partial charge in [-0.3, -0.25) is 9.36 Å². The first kappa shape index (κ1) is 22.1. The quantitative estimate of drug-likeness (QED) is 0.318. The second-order valence-electron chi connectivity index (χ2n) is 6.57. The number of carbonyl (C=O) groups is 1. The Kier molecular flexibility index (Phi) is 7.23. The van der Waals surface area contributed by atoms with Crippen LogP contribution in [0.25, 0.3) is 11.6 Å². The predicted octanol–water partition coefficient (Wildman–Crippen LogP) is 5.63. The number of nitrogens with zero attached hydrogens (tertiary/aromatic N) is 3. The van der Waals surface area contributed by atoms with Crippen molar-refractivity contribution >= 4 is 35.1 Å². The monoisotopic (exact) mass is 472 g/mol. The molecule has 4 rings (SSSR count). The molecular formula is C22H18F2N4O2S2. The fourth-order valence-corrected chi connectivity index (χ4v) is 4.31. The van der Waals surface area contributed by atoms with Gasteiger partial charge in [0, 0.05) is 4.90 Å². The summed E-state index contributed by atoms with van der Waals surface area (Å²) < 4.78 is 32.9. The van der Waals surface area contributed by atoms with E-state index in [1.54, 1.807) is 42.7 Å². The van der Waals surface area contributed by atoms with Gasteiger partial charge >= 0.3 is 0 Å². The molecule has 0 saturated heterocycles. The summed E-state index contributed by atoms with van der Waals surface area (Å²) in [5.74, 6) is -1.73. The van der Waals surface area contributed by atoms with E-state index in [1.165, 1.54) is 11.8 Å². The highest BCUT2D eigenvalue weighted by atomic mass is 32.2. The van der Waals surface area contributed by atoms with Crippen LogP contribution in [0.15, 0.2) is 87.5 Å². The average Bonchev–Trinajstić information content (AvgIpc) is 3.44. The number of aromatic nitrogens is 3. The number of hydrogen-bond donors (Lipinski definition) is 1. The van der Waals surface area contributed by atoms with E-state index in [0.717, 1.165) is 5.56 Å². The Hall–Kier alpha value is -3.11. The lowest BCUT2D eigenvalue weighted by Crippen LogP contribution is -2.15. The number of halogens is 2. The van der Waals surface area contributed by atoms with Crippen LogP contribution in [0.4, 0.5) is 14.5 Å². The molecule has 2 aromatic carbocycles. The summed E-state index contributed by atoms with van der Waals surface area (Å²) in [5.41, 5.74) is 1.40. The topological polar surface area (TPSA) is 73.0 Å². The van der Waals surface area contributed by atoms with Crippen molar-refractivity contribution in [2.45, 2.75) is 22.4 Å². The smallest absolute Gasteiger partial charge is 0.288 e. The second kappa shape index (κ2) is 10.5. The van der Waals surface area contributed by atoms with Crippen molar-refractivity contribution in [1.29, 1.82) is 0 Å². The molecule has 1 amide bonds. The normalized spacial score (nSPS) is 11.1. The number of carbonyl (C=O) groups excluding carboxylic acids is 1. The van der Waals surface area contributed by atoms with Crippen molar-refractivity contribution in [3.8, 4) is 11.6 Å². The van der Waals surface area contributed by atoms with Crippen molar-refractivity contribution < 1.29 is 18.0 Å². The third-order valence-electron chi connectivity index (χ3n) is 4.35. The molecule has 0 aliphatic rings. The van der Waals surface area contributed by atoms with Gasteiger partial charge in [0.05, 0.1) is 24.2 Å². The van der Waals surface area contributed by atoms with Crippen LogP contribution in [0, 0.1) is 0 Å². The maximum absolute atomic E-state index is 12.8. The highest BCUT2D eigenvalue weighted by molar-refractivity contribution is 8.00. The van der Waals surface area contributed by atoms with Crippen molar-refractivity contribution in [2.75, 3.05) is 11.1 Å². The van der Waals surface area contributed by atoms with Gasteiger partial charge in [0.2, 0.25) is 11.7 Å². The number of rotatable bonds is 9. The molecule has 0 aliphatic carbocycles. The van der Waals surface area contributed by atoms with Gasteiger partial charge < -0.3 is 9.73 Å². The van der Waals surface area contributed by atoms with Crippen molar-refractivity contribution in [3.05, 3.63) is 78.6 Å². The van der Waals surface area contributed by atoms with E-state index < -0.39 is 5.76 Å². The number of nitrogens with one attached hydrogen (secondary N) is 1. The van der Waals surface area contributed by atoms with Gasteiger partial charge in [-0.15, -0.1) is 10.2 Å². The molecule has 0 atom stereocenters. The SMILES string of the molecule is O=C(CSc1nnc(-c2ccco2)n1Cc1ccccc1)Nc1ccccc1SC(F)F. The molecule has 6 nitrogen and oxygen atoms in total. The Morgan fingerprint density at radius 1 is 1.03 bits per heavy atom. The summed E-state index contributed by atoms with van der Waals surface area (Å²) in [6.45, 7) is 0.502. The Morgan fingerprint density at radius 2 is 1.81 bits per heavy atom. The molecular weight excluding hydrogens is 454 g/mol. The zero-order chi connectivity index (χ0) is 22.3. The molecule has 0 bridgehead atoms. The van der Waals surface area contributed by atoms with E-state index in [2.05, 4.69) is 15.5 Å². The standard InChI is InChI=1S/C22H18F2N4O2S2/c23-21(24)32-18-11-5-4-9-16(18)25-19(29)14-31-22-27-26-20(17-10-6-12-30-17)28(22)13-15-7-2-1-3-8-15/h1-12,21H,13-14H2,(H,25,29). The van der Waals surface area contributed by atoms with Crippen LogP contribution in [-0.2, 0) is 11.3 Å². The van der Waals surface area contributed by atoms with Crippen LogP contribution in [-0.4, -0.2) is 32.2 Å². The predicted molar refractivity (Wildman–Crippen MR) is 121 cm³/mol. The lowest BCUT2D eigenvalue weighted by molar-refractivity contribution is -0.113. The summed E-state index contributed by atoms with van der Waals surface area (Å²) in [7, 11) is 0. The summed E-state index contributed by atoms with van der Waals surface area (Å²) in [6, 6.07) is 19.9. The fourth-order valence-electron chi connectivity index (χ4n) is 2.98. The number of alkyl halides is 2. The van der Waals surface area contributed by atoms with Crippen LogP contribution in [0.2, 0.25) is 0 Å². The molecule has 1 N–H and O–H groups in total. The summed E-state index contributed by atoms with van der Waals surface area (Å²) in [5, 5.41) is 11.7. The first-order chi connectivity index (χ1) is 15.6. The summed E-state index contributed by atoms with van der Waals surface area (Å²) in [4.78, 5) is 12.8. The zero-order valence-corrected chi connectivity index (χ0v) is 18.3. The Labute approximate surface area is 191 Å². The first-order valence-electron chi connectivity index (χ1n) is 9.57. The first-order valence-corrected chi connectivity index (χ1v) is 11.4. The Morgan fingerprint density at radius 3 is 2.56 bits per heavy atom. The Balaban J connectivity index is 1.49. The number of furan rings is 1. The van der Waals surface area contributed by atoms with Crippen LogP contribution >= 0.6 is 23.5 Å². The molecule has 4 aromatic rings. The van der Waals surface area contributed by atoms with Crippen LogP contribution in [0.5, 0.6) is 0 Å². The minimum atomic E-state index is -2.57. The fraction of sp³-hybridized carbons (Fsp3) is 0.136. The van der Waals surface area contributed by atoms with Gasteiger partial charge in [0.25, 0.3) is 5.76 Å². The van der Waals surface area contributed by atoms with E-state index in [-0.39, 0.29) is 11.7 Å². The molecule has 32 heavy (non-hydrogen) atoms. The van der Waals surface area contributed by atoms with E-state index in [0.29, 0.717) is 45.6 Å². The molecule has 164 valence electrons. The maximum Gasteiger partial charge on any atom is 0.288 e. The second-order valence-corrected chi connectivity index (χ2v) is 8.54. The van der Waals surface area contributed by atoms with E-state index >= 15 is 0 Å². The van der Waals surface area contributed by atoms with Gasteiger partial charge in [0.15, 0.2) is 10.9 Å². The van der Waals surface area contributed by atoms with Crippen LogP contribution in [0.1, 0.15) is 5.56 Å². The number of amides is 1. The van der Waals surface area contributed by atoms with Crippen molar-refractivity contribution in [2.24, 2.45) is 0 Å². The number of thioether (sulfide) groups is 2. The van der Waals surface area contributed by atoms with Crippen LogP contribution in [0.3, 0.4) is 0 Å². The number of benzene rings is 2. The van der Waals surface area contributed by atoms with Gasteiger partial charge in [-0.2, -0.15) is 8.78 Å². The number of anilines is 1. The molecule has 0 aliphatic heterocycles. The van der Waals surface area contributed by atoms with E-state index in [9.17, 15) is 13.6 Å². The minimum Gasteiger partial charge on any atom is -0.461 e. The number of hydrogen-bond acceptors (Lipinski definition) is 6. The average molecular weight is 473 g/mol. The minimum absolute atomic E-state index is 0.0404. The molecule has 0 radical (unpaired) electrons. The van der Waals surface area contributed by atoms with Gasteiger partial charge in [0.1, 0.15) is 0 Å². The molecule has 0 unspecified atom stereocenters. The van der Waals surface area contributed by atoms with Gasteiger partial charge in [-0.05, 0) is 29.8 Å². The highest BCUT2D eigenvalue weighted by Crippen LogP contribution is 2.32. The summed E-state index contributed by atoms with van der Waals surface area (Å²) in [6.07, 6.45) is 1.56. The van der Waals surface area contributed by atoms with Gasteiger partial charge in [-0.1, -0.05) is 66.0 Å². The lowest BCUT2D eigenvalue weighted by Gasteiger charge is -2.11. The van der Waals surface area contributed by atoms with Gasteiger partial charge in [-0.25, -0.2) is 0 Å². The molecule has 0 spiro atoms. The maximum atomic E-state index is 12.8. The Bertz CT molecular complexity index is 1170. The molecule has 0 saturated carbocycles. The third-order valence-corrected chi connectivity index (χ3v) is 6.11. The number of para-hydroxylation sites is 1. The lowest BCUT2D eigenvalue weighted by atomic mass is 10.2. The molecule has 10 heteroatoms. The van der Waals surface area contributed by atoms with Crippen LogP contribution < -0.4 is 5.32 Å². The molecule has 0 fully saturated rings. The van der Waals surface area contributed by atoms with E-state index in [4.69, 9.17) is 4.42 Å². The van der Waals surface area contributed by atoms with Crippen molar-refractivity contribution in [1.82, 2.24) is 14.8 Å². The largest absolute Gasteiger partial charge is 0.461 e. The zero-order valence-electron chi connectivity index (χ0n) is 16.7.